The number of benzene rings is 3. The van der Waals surface area contributed by atoms with Crippen LogP contribution in [0.5, 0.6) is 11.5 Å². The molecule has 4 aliphatic rings. The van der Waals surface area contributed by atoms with E-state index in [-0.39, 0.29) is 43.8 Å². The second kappa shape index (κ2) is 18.3. The Labute approximate surface area is 395 Å². The highest BCUT2D eigenvalue weighted by atomic mass is 19.1. The van der Waals surface area contributed by atoms with Crippen molar-refractivity contribution in [3.05, 3.63) is 162 Å². The first kappa shape index (κ1) is 44.1. The number of ether oxygens (including phenoxy) is 6. The van der Waals surface area contributed by atoms with E-state index in [0.29, 0.717) is 66.6 Å². The van der Waals surface area contributed by atoms with Crippen molar-refractivity contribution in [1.82, 2.24) is 15.0 Å². The van der Waals surface area contributed by atoms with Gasteiger partial charge in [0.25, 0.3) is 0 Å². The normalized spacial score (nSPS) is 23.5. The van der Waals surface area contributed by atoms with Crippen LogP contribution < -0.4 is 9.47 Å². The highest BCUT2D eigenvalue weighted by Crippen LogP contribution is 2.42. The van der Waals surface area contributed by atoms with Crippen molar-refractivity contribution < 1.29 is 51.9 Å². The maximum absolute atomic E-state index is 14.5. The molecular formula is C55H44FN3O10. The standard InChI is InChI=1S/C28H23NO5.C27H21FN2O5/c1-2-18-10-20-12-22(6-7-24(20)25(11-18)19-8-9-31-15-19)32-16-21-4-3-5-26(29-21)28(30)13-23-17-33-27(14-28)34-23;1-2-18-9-23(16-5-6-32-13-16)22-4-3-20(10-24(22)29-18)33-14-19-7-17(28)8-25(30-19)27(31)11-21-15-34-26(12-27)35-21/h1,3-12,15,23,27,30H,13-14,16-17H2;1,3-10,13,21,26,31H,11-12,14-15H2. The molecule has 5 aromatic heterocycles. The summed E-state index contributed by atoms with van der Waals surface area (Å²) in [6.45, 7) is 1.22. The molecule has 12 rings (SSSR count). The zero-order valence-electron chi connectivity index (χ0n) is 37.0. The zero-order chi connectivity index (χ0) is 47.1. The Morgan fingerprint density at radius 3 is 1.93 bits per heavy atom. The summed E-state index contributed by atoms with van der Waals surface area (Å²) in [5.41, 5.74) is 5.33. The summed E-state index contributed by atoms with van der Waals surface area (Å²) in [6, 6.07) is 29.2. The lowest BCUT2D eigenvalue weighted by atomic mass is 9.87. The molecule has 14 heteroatoms. The summed E-state index contributed by atoms with van der Waals surface area (Å²) in [5, 5.41) is 25.3. The lowest BCUT2D eigenvalue weighted by Gasteiger charge is -2.34. The molecule has 4 fully saturated rings. The van der Waals surface area contributed by atoms with Crippen LogP contribution in [0.4, 0.5) is 4.39 Å². The molecule has 0 aliphatic carbocycles. The molecule has 6 atom stereocenters. The molecule has 0 amide bonds. The van der Waals surface area contributed by atoms with Crippen LogP contribution in [-0.4, -0.2) is 63.2 Å². The topological polar surface area (TPSA) is 161 Å². The Kier molecular flexibility index (Phi) is 11.7. The number of rotatable bonds is 10. The van der Waals surface area contributed by atoms with Crippen LogP contribution in [0, 0.1) is 30.5 Å². The first-order chi connectivity index (χ1) is 33.6. The number of aromatic nitrogens is 3. The molecule has 3 aromatic carbocycles. The Morgan fingerprint density at radius 1 is 0.638 bits per heavy atom. The maximum Gasteiger partial charge on any atom is 0.161 e. The van der Waals surface area contributed by atoms with E-state index in [1.165, 1.54) is 12.1 Å². The molecule has 9 heterocycles. The first-order valence-electron chi connectivity index (χ1n) is 22.5. The van der Waals surface area contributed by atoms with E-state index in [2.05, 4.69) is 21.8 Å². The van der Waals surface area contributed by atoms with E-state index in [9.17, 15) is 14.6 Å². The first-order valence-corrected chi connectivity index (χ1v) is 22.5. The number of pyridine rings is 3. The average Bonchev–Trinajstić information content (AvgIpc) is 4.22. The largest absolute Gasteiger partial charge is 0.487 e. The minimum Gasteiger partial charge on any atom is -0.487 e. The van der Waals surface area contributed by atoms with Gasteiger partial charge in [-0.3, -0.25) is 9.97 Å². The third-order valence-corrected chi connectivity index (χ3v) is 12.8. The molecule has 0 spiro atoms. The van der Waals surface area contributed by atoms with Gasteiger partial charge < -0.3 is 47.5 Å². The van der Waals surface area contributed by atoms with Gasteiger partial charge in [-0.05, 0) is 101 Å². The predicted molar refractivity (Wildman–Crippen MR) is 250 cm³/mol. The van der Waals surface area contributed by atoms with Gasteiger partial charge in [0.15, 0.2) is 12.6 Å². The van der Waals surface area contributed by atoms with Crippen LogP contribution in [-0.2, 0) is 43.4 Å². The Bertz CT molecular complexity index is 3250. The second-order valence-electron chi connectivity index (χ2n) is 17.6. The maximum atomic E-state index is 14.5. The quantitative estimate of drug-likeness (QED) is 0.125. The van der Waals surface area contributed by atoms with Crippen LogP contribution in [0.2, 0.25) is 0 Å². The van der Waals surface area contributed by atoms with Gasteiger partial charge >= 0.3 is 0 Å². The fourth-order valence-electron chi connectivity index (χ4n) is 9.54. The van der Waals surface area contributed by atoms with Gasteiger partial charge in [-0.15, -0.1) is 12.8 Å². The zero-order valence-corrected chi connectivity index (χ0v) is 37.0. The number of aliphatic hydroxyl groups is 2. The molecule has 6 unspecified atom stereocenters. The van der Waals surface area contributed by atoms with Gasteiger partial charge in [-0.2, -0.15) is 0 Å². The number of furan rings is 2. The molecule has 0 saturated carbocycles. The van der Waals surface area contributed by atoms with Crippen molar-refractivity contribution in [3.63, 3.8) is 0 Å². The summed E-state index contributed by atoms with van der Waals surface area (Å²) in [7, 11) is 0. The van der Waals surface area contributed by atoms with Gasteiger partial charge in [-0.1, -0.05) is 24.0 Å². The van der Waals surface area contributed by atoms with Gasteiger partial charge in [0.2, 0.25) is 0 Å². The summed E-state index contributed by atoms with van der Waals surface area (Å²) < 4.78 is 59.3. The number of hydrogen-bond acceptors (Lipinski definition) is 13. The fraction of sp³-hybridized carbons (Fsp3) is 0.255. The molecule has 69 heavy (non-hydrogen) atoms. The molecule has 8 aromatic rings. The number of terminal acetylenes is 2. The molecule has 4 bridgehead atoms. The van der Waals surface area contributed by atoms with Crippen molar-refractivity contribution in [2.24, 2.45) is 0 Å². The monoisotopic (exact) mass is 925 g/mol. The van der Waals surface area contributed by atoms with Crippen molar-refractivity contribution in [2.45, 2.75) is 74.9 Å². The van der Waals surface area contributed by atoms with Gasteiger partial charge in [-0.25, -0.2) is 9.37 Å². The highest BCUT2D eigenvalue weighted by molar-refractivity contribution is 5.98. The van der Waals surface area contributed by atoms with E-state index in [0.717, 1.165) is 49.7 Å². The lowest BCUT2D eigenvalue weighted by molar-refractivity contribution is -0.161. The molecule has 13 nitrogen and oxygen atoms in total. The van der Waals surface area contributed by atoms with Crippen LogP contribution >= 0.6 is 0 Å². The summed E-state index contributed by atoms with van der Waals surface area (Å²) >= 11 is 0. The third kappa shape index (κ3) is 9.18. The highest BCUT2D eigenvalue weighted by Gasteiger charge is 2.48. The van der Waals surface area contributed by atoms with E-state index >= 15 is 0 Å². The molecule has 4 saturated heterocycles. The molecule has 4 aliphatic heterocycles. The number of fused-ring (bicyclic) bond motifs is 6. The van der Waals surface area contributed by atoms with Crippen molar-refractivity contribution in [3.8, 4) is 58.4 Å². The molecule has 2 N–H and O–H groups in total. The van der Waals surface area contributed by atoms with E-state index < -0.39 is 23.3 Å². The SMILES string of the molecule is C#Cc1cc(-c2ccoc2)c2ccc(OCc3cc(F)cc(C4(O)CC5COC(C4)O5)n3)cc2n1.C#Cc1cc(-c2ccoc2)c2ccc(OCc3cccc(C4(O)CC5COC(C4)O5)n3)cc2c1. The fourth-order valence-corrected chi connectivity index (χ4v) is 9.54. The predicted octanol–water partition coefficient (Wildman–Crippen LogP) is 9.09. The van der Waals surface area contributed by atoms with E-state index in [1.807, 2.05) is 78.9 Å². The van der Waals surface area contributed by atoms with Gasteiger partial charge in [0.05, 0.1) is 78.8 Å². The Hall–Kier alpha value is -7.40. The minimum absolute atomic E-state index is 0.00954. The van der Waals surface area contributed by atoms with Crippen molar-refractivity contribution >= 4 is 21.7 Å². The van der Waals surface area contributed by atoms with E-state index in [1.54, 1.807) is 31.1 Å². The summed E-state index contributed by atoms with van der Waals surface area (Å²) in [5.74, 6) is 6.05. The second-order valence-corrected chi connectivity index (χ2v) is 17.6. The number of hydrogen-bond donors (Lipinski definition) is 2. The Morgan fingerprint density at radius 2 is 1.28 bits per heavy atom. The summed E-state index contributed by atoms with van der Waals surface area (Å²) in [6.07, 6.45) is 18.1. The number of halogens is 1. The molecular weight excluding hydrogens is 882 g/mol. The van der Waals surface area contributed by atoms with Crippen LogP contribution in [0.15, 0.2) is 131 Å². The Balaban J connectivity index is 0.000000151. The molecule has 346 valence electrons. The number of nitrogens with zero attached hydrogens (tertiary/aromatic N) is 3. The summed E-state index contributed by atoms with van der Waals surface area (Å²) in [4.78, 5) is 13.7. The van der Waals surface area contributed by atoms with Crippen LogP contribution in [0.1, 0.15) is 59.7 Å². The minimum atomic E-state index is -1.32. The molecule has 0 radical (unpaired) electrons. The van der Waals surface area contributed by atoms with Gasteiger partial charge in [0.1, 0.15) is 47.4 Å². The van der Waals surface area contributed by atoms with Crippen LogP contribution in [0.3, 0.4) is 0 Å². The van der Waals surface area contributed by atoms with E-state index in [4.69, 9.17) is 55.1 Å². The van der Waals surface area contributed by atoms with Gasteiger partial charge in [0, 0.05) is 53.8 Å². The van der Waals surface area contributed by atoms with Crippen molar-refractivity contribution in [2.75, 3.05) is 13.2 Å². The van der Waals surface area contributed by atoms with Crippen LogP contribution in [0.25, 0.3) is 43.9 Å². The third-order valence-electron chi connectivity index (χ3n) is 12.8. The smallest absolute Gasteiger partial charge is 0.161 e. The lowest BCUT2D eigenvalue weighted by Crippen LogP contribution is -2.40. The average molecular weight is 926 g/mol. The van der Waals surface area contributed by atoms with Crippen molar-refractivity contribution in [1.29, 1.82) is 0 Å².